The number of carbonyl (C=O) groups is 5. The van der Waals surface area contributed by atoms with Crippen LogP contribution in [0, 0.1) is 35.0 Å². The van der Waals surface area contributed by atoms with Crippen LogP contribution in [0.1, 0.15) is 104 Å². The minimum atomic E-state index is -3.64. The molecular weight excluding hydrogens is 660 g/mol. The number of carbonyl (C=O) groups excluding carboxylic acids is 5. The first kappa shape index (κ1) is 38.1. The number of fused-ring (bicyclic) bond motifs is 1. The summed E-state index contributed by atoms with van der Waals surface area (Å²) in [6.45, 7) is 6.41. The van der Waals surface area contributed by atoms with Crippen molar-refractivity contribution in [2.24, 2.45) is 22.7 Å². The molecular formula is C36H56N6O7S. The van der Waals surface area contributed by atoms with E-state index in [2.05, 4.69) is 41.0 Å². The first-order valence-corrected chi connectivity index (χ1v) is 19.9. The van der Waals surface area contributed by atoms with Crippen LogP contribution in [0.15, 0.2) is 0 Å². The molecule has 4 N–H and O–H groups in total. The average molecular weight is 717 g/mol. The maximum Gasteiger partial charge on any atom is 0.315 e. The molecule has 1 saturated heterocycles. The molecule has 0 aromatic carbocycles. The lowest BCUT2D eigenvalue weighted by molar-refractivity contribution is -0.146. The Balaban J connectivity index is 1.39. The summed E-state index contributed by atoms with van der Waals surface area (Å²) in [5.74, 6) is -0.504. The number of ketones is 1. The number of rotatable bonds is 13. The van der Waals surface area contributed by atoms with Gasteiger partial charge in [-0.25, -0.2) is 17.5 Å². The van der Waals surface area contributed by atoms with Gasteiger partial charge in [-0.15, -0.1) is 12.3 Å². The molecule has 0 radical (unpaired) electrons. The van der Waals surface area contributed by atoms with Gasteiger partial charge < -0.3 is 26.2 Å². The van der Waals surface area contributed by atoms with Crippen LogP contribution >= 0.6 is 0 Å². The van der Waals surface area contributed by atoms with Crippen molar-refractivity contribution in [2.45, 2.75) is 134 Å². The number of hydrogen-bond acceptors (Lipinski definition) is 7. The van der Waals surface area contributed by atoms with Crippen molar-refractivity contribution in [1.82, 2.24) is 30.5 Å². The lowest BCUT2D eigenvalue weighted by atomic mass is 9.70. The second kappa shape index (κ2) is 14.4. The maximum atomic E-state index is 14.8. The van der Waals surface area contributed by atoms with E-state index in [1.54, 1.807) is 4.90 Å². The molecule has 14 heteroatoms. The predicted octanol–water partition coefficient (Wildman–Crippen LogP) is 2.06. The van der Waals surface area contributed by atoms with Crippen molar-refractivity contribution in [1.29, 1.82) is 0 Å². The molecule has 1 heterocycles. The number of sulfonamides is 1. The summed E-state index contributed by atoms with van der Waals surface area (Å²) in [5.41, 5.74) is -1.80. The van der Waals surface area contributed by atoms with Crippen LogP contribution in [0.2, 0.25) is 0 Å². The van der Waals surface area contributed by atoms with Crippen LogP contribution in [0.3, 0.4) is 0 Å². The first-order valence-electron chi connectivity index (χ1n) is 18.3. The van der Waals surface area contributed by atoms with E-state index < -0.39 is 62.7 Å². The summed E-state index contributed by atoms with van der Waals surface area (Å²) in [6, 6.07) is -3.77. The molecule has 5 rings (SSSR count). The average Bonchev–Trinajstić information content (AvgIpc) is 3.90. The Labute approximate surface area is 297 Å². The van der Waals surface area contributed by atoms with E-state index in [9.17, 15) is 32.4 Å². The van der Waals surface area contributed by atoms with E-state index >= 15 is 0 Å². The van der Waals surface area contributed by atoms with Crippen molar-refractivity contribution in [3.05, 3.63) is 0 Å². The van der Waals surface area contributed by atoms with Crippen LogP contribution in [-0.2, 0) is 29.2 Å². The summed E-state index contributed by atoms with van der Waals surface area (Å²) < 4.78 is 27.2. The SMILES string of the molecule is C#CC[C@H](NC(=O)[C@@H]1[C@@H]2[C@H](CN1C(=O)[C@@H](NC(=O)NC1(CS(=O)(=O)N(C)C)CCCCC1)C1(C)CCCCC1)C2(C)C)C(=O)C(=O)NC1CC1. The Hall–Kier alpha value is -3.18. The van der Waals surface area contributed by atoms with Gasteiger partial charge in [0.2, 0.25) is 27.6 Å². The van der Waals surface area contributed by atoms with E-state index in [0.717, 1.165) is 51.4 Å². The smallest absolute Gasteiger partial charge is 0.315 e. The lowest BCUT2D eigenvalue weighted by Crippen LogP contribution is -2.65. The van der Waals surface area contributed by atoms with Crippen molar-refractivity contribution in [3.8, 4) is 12.3 Å². The van der Waals surface area contributed by atoms with E-state index in [-0.39, 0.29) is 41.4 Å². The van der Waals surface area contributed by atoms with E-state index in [1.807, 2.05) is 6.92 Å². The molecule has 50 heavy (non-hydrogen) atoms. The van der Waals surface area contributed by atoms with Gasteiger partial charge in [-0.2, -0.15) is 0 Å². The molecule has 0 unspecified atom stereocenters. The topological polar surface area (TPSA) is 174 Å². The second-order valence-corrected chi connectivity index (χ2v) is 18.8. The molecule has 4 saturated carbocycles. The fourth-order valence-electron chi connectivity index (χ4n) is 8.81. The molecule has 1 aliphatic heterocycles. The lowest BCUT2D eigenvalue weighted by Gasteiger charge is -2.44. The number of piperidine rings is 1. The summed E-state index contributed by atoms with van der Waals surface area (Å²) in [4.78, 5) is 70.1. The molecule has 278 valence electrons. The summed E-state index contributed by atoms with van der Waals surface area (Å²) in [6.07, 6.45) is 14.6. The number of likely N-dealkylation sites (tertiary alicyclic amines) is 1. The highest BCUT2D eigenvalue weighted by molar-refractivity contribution is 7.89. The predicted molar refractivity (Wildman–Crippen MR) is 188 cm³/mol. The van der Waals surface area contributed by atoms with Crippen molar-refractivity contribution < 1.29 is 32.4 Å². The number of Topliss-reactive ketones (excluding diaryl/α,β-unsaturated/α-hetero) is 1. The zero-order valence-electron chi connectivity index (χ0n) is 30.3. The molecule has 0 spiro atoms. The highest BCUT2D eigenvalue weighted by atomic mass is 32.2. The third kappa shape index (κ3) is 7.98. The van der Waals surface area contributed by atoms with Crippen LogP contribution in [0.25, 0.3) is 0 Å². The molecule has 0 bridgehead atoms. The summed E-state index contributed by atoms with van der Waals surface area (Å²) in [5, 5.41) is 11.4. The Bertz CT molecular complexity index is 1500. The Morgan fingerprint density at radius 1 is 0.920 bits per heavy atom. The Morgan fingerprint density at radius 3 is 2.08 bits per heavy atom. The van der Waals surface area contributed by atoms with E-state index in [1.165, 1.54) is 18.4 Å². The summed E-state index contributed by atoms with van der Waals surface area (Å²) in [7, 11) is -0.683. The molecule has 13 nitrogen and oxygen atoms in total. The van der Waals surface area contributed by atoms with Crippen molar-refractivity contribution in [2.75, 3.05) is 26.4 Å². The highest BCUT2D eigenvalue weighted by Gasteiger charge is 2.70. The number of terminal acetylenes is 1. The Kier molecular flexibility index (Phi) is 11.0. The van der Waals surface area contributed by atoms with Crippen molar-refractivity contribution in [3.63, 3.8) is 0 Å². The van der Waals surface area contributed by atoms with Gasteiger partial charge in [-0.1, -0.05) is 59.3 Å². The zero-order valence-corrected chi connectivity index (χ0v) is 31.1. The third-order valence-electron chi connectivity index (χ3n) is 12.3. The van der Waals surface area contributed by atoms with Gasteiger partial charge in [-0.05, 0) is 61.2 Å². The van der Waals surface area contributed by atoms with E-state index in [4.69, 9.17) is 6.42 Å². The largest absolute Gasteiger partial charge is 0.347 e. The van der Waals surface area contributed by atoms with Crippen LogP contribution in [0.5, 0.6) is 0 Å². The molecule has 5 aliphatic rings. The van der Waals surface area contributed by atoms with Crippen molar-refractivity contribution >= 4 is 39.6 Å². The van der Waals surface area contributed by atoms with Crippen LogP contribution in [0.4, 0.5) is 4.79 Å². The standard InChI is InChI=1S/C36H56N6O7S/c1-7-14-25(28(43)31(45)37-23-15-16-23)38-30(44)27-26-24(34(26,2)3)21-42(27)32(46)29(35(4)17-10-8-11-18-35)39-33(47)40-36(19-12-9-13-20-36)22-50(48,49)41(5)6/h1,23-27,29H,8-22H2,2-6H3,(H,37,45)(H,38,44)(H2,39,40,47)/t24-,25-,26-,27-,29+/m0/s1. The van der Waals surface area contributed by atoms with Crippen LogP contribution in [-0.4, -0.2) is 103 Å². The van der Waals surface area contributed by atoms with Gasteiger partial charge in [-0.3, -0.25) is 19.2 Å². The van der Waals surface area contributed by atoms with Gasteiger partial charge in [0.25, 0.3) is 5.91 Å². The zero-order chi connectivity index (χ0) is 36.6. The minimum Gasteiger partial charge on any atom is -0.347 e. The molecule has 5 atom stereocenters. The third-order valence-corrected chi connectivity index (χ3v) is 14.3. The minimum absolute atomic E-state index is 0.0394. The highest BCUT2D eigenvalue weighted by Crippen LogP contribution is 2.65. The Morgan fingerprint density at radius 2 is 1.52 bits per heavy atom. The fourth-order valence-corrected chi connectivity index (χ4v) is 10.1. The number of amides is 5. The number of hydrogen-bond donors (Lipinski definition) is 4. The quantitative estimate of drug-likeness (QED) is 0.167. The normalized spacial score (nSPS) is 27.5. The molecule has 5 fully saturated rings. The van der Waals surface area contributed by atoms with Gasteiger partial charge in [0.1, 0.15) is 18.1 Å². The van der Waals surface area contributed by atoms with Gasteiger partial charge in [0.15, 0.2) is 0 Å². The number of nitrogens with one attached hydrogen (secondary N) is 4. The molecule has 4 aliphatic carbocycles. The number of nitrogens with zero attached hydrogens (tertiary/aromatic N) is 2. The molecule has 5 amide bonds. The van der Waals surface area contributed by atoms with E-state index in [0.29, 0.717) is 32.2 Å². The van der Waals surface area contributed by atoms with Gasteiger partial charge in [0, 0.05) is 33.1 Å². The monoisotopic (exact) mass is 716 g/mol. The first-order chi connectivity index (χ1) is 23.4. The molecule has 0 aromatic heterocycles. The van der Waals surface area contributed by atoms with Crippen LogP contribution < -0.4 is 21.3 Å². The van der Waals surface area contributed by atoms with Gasteiger partial charge in [0.05, 0.1) is 11.3 Å². The summed E-state index contributed by atoms with van der Waals surface area (Å²) >= 11 is 0. The maximum absolute atomic E-state index is 14.8. The fraction of sp³-hybridized carbons (Fsp3) is 0.806. The molecule has 0 aromatic rings. The number of urea groups is 1. The second-order valence-electron chi connectivity index (χ2n) is 16.6. The van der Waals surface area contributed by atoms with Gasteiger partial charge >= 0.3 is 6.03 Å².